The number of nitrogens with one attached hydrogen (secondary N) is 1. The summed E-state index contributed by atoms with van der Waals surface area (Å²) in [6.07, 6.45) is 0.715. The lowest BCUT2D eigenvalue weighted by Crippen LogP contribution is -2.38. The van der Waals surface area contributed by atoms with Crippen molar-refractivity contribution in [2.24, 2.45) is 5.92 Å². The van der Waals surface area contributed by atoms with Crippen molar-refractivity contribution in [1.82, 2.24) is 20.1 Å². The Bertz CT molecular complexity index is 653. The van der Waals surface area contributed by atoms with Gasteiger partial charge >= 0.3 is 0 Å². The quantitative estimate of drug-likeness (QED) is 0.924. The number of para-hydroxylation sites is 1. The second-order valence-electron chi connectivity index (χ2n) is 5.35. The summed E-state index contributed by atoms with van der Waals surface area (Å²) in [7, 11) is 1.77. The first-order chi connectivity index (χ1) is 10.1. The summed E-state index contributed by atoms with van der Waals surface area (Å²) in [5.74, 6) is 2.17. The number of ether oxygens (including phenoxy) is 1. The van der Waals surface area contributed by atoms with Gasteiger partial charge in [0.2, 0.25) is 5.91 Å². The van der Waals surface area contributed by atoms with Crippen LogP contribution in [0.3, 0.4) is 0 Å². The summed E-state index contributed by atoms with van der Waals surface area (Å²) in [6.45, 7) is 2.67. The Balaban J connectivity index is 1.66. The second kappa shape index (κ2) is 5.55. The first kappa shape index (κ1) is 13.6. The molecule has 21 heavy (non-hydrogen) atoms. The predicted octanol–water partition coefficient (Wildman–Crippen LogP) is 1.32. The van der Waals surface area contributed by atoms with Crippen molar-refractivity contribution < 1.29 is 9.53 Å². The number of rotatable bonds is 3. The zero-order valence-electron chi connectivity index (χ0n) is 12.2. The minimum Gasteiger partial charge on any atom is -0.492 e. The summed E-state index contributed by atoms with van der Waals surface area (Å²) < 4.78 is 5.68. The molecule has 1 aromatic carbocycles. The molecule has 6 heteroatoms. The van der Waals surface area contributed by atoms with Crippen LogP contribution in [0.15, 0.2) is 24.3 Å². The lowest BCUT2D eigenvalue weighted by atomic mass is 9.95. The SMILES string of the molecule is Cc1nc(CN(C)C(=O)C2COc3ccccc3C2)n[nH]1. The highest BCUT2D eigenvalue weighted by Crippen LogP contribution is 2.27. The van der Waals surface area contributed by atoms with Gasteiger partial charge in [-0.2, -0.15) is 5.10 Å². The van der Waals surface area contributed by atoms with E-state index in [1.807, 2.05) is 31.2 Å². The fraction of sp³-hybridized carbons (Fsp3) is 0.400. The maximum Gasteiger partial charge on any atom is 0.229 e. The summed E-state index contributed by atoms with van der Waals surface area (Å²) >= 11 is 0. The Hall–Kier alpha value is -2.37. The highest BCUT2D eigenvalue weighted by atomic mass is 16.5. The number of aromatic amines is 1. The van der Waals surface area contributed by atoms with Crippen molar-refractivity contribution in [3.05, 3.63) is 41.5 Å². The summed E-state index contributed by atoms with van der Waals surface area (Å²) in [5.41, 5.74) is 1.09. The standard InChI is InChI=1S/C15H18N4O2/c1-10-16-14(18-17-10)8-19(2)15(20)12-7-11-5-3-4-6-13(11)21-9-12/h3-6,12H,7-9H2,1-2H3,(H,16,17,18). The molecule has 110 valence electrons. The molecular formula is C15H18N4O2. The number of amides is 1. The Morgan fingerprint density at radius 1 is 1.48 bits per heavy atom. The monoisotopic (exact) mass is 286 g/mol. The fourth-order valence-corrected chi connectivity index (χ4v) is 2.55. The van der Waals surface area contributed by atoms with Crippen LogP contribution in [-0.4, -0.2) is 39.6 Å². The van der Waals surface area contributed by atoms with E-state index in [2.05, 4.69) is 15.2 Å². The molecule has 1 N–H and O–H groups in total. The molecule has 0 aliphatic carbocycles. The molecule has 0 saturated carbocycles. The van der Waals surface area contributed by atoms with E-state index in [0.29, 0.717) is 25.4 Å². The molecule has 3 rings (SSSR count). The number of carbonyl (C=O) groups is 1. The molecule has 0 spiro atoms. The lowest BCUT2D eigenvalue weighted by molar-refractivity contribution is -0.136. The Morgan fingerprint density at radius 3 is 3.05 bits per heavy atom. The van der Waals surface area contributed by atoms with Crippen LogP contribution in [0.2, 0.25) is 0 Å². The van der Waals surface area contributed by atoms with Crippen LogP contribution in [0.1, 0.15) is 17.2 Å². The molecule has 1 aromatic heterocycles. The molecule has 0 bridgehead atoms. The minimum atomic E-state index is -0.148. The summed E-state index contributed by atoms with van der Waals surface area (Å²) in [4.78, 5) is 18.4. The molecule has 1 amide bonds. The van der Waals surface area contributed by atoms with Gasteiger partial charge in [-0.1, -0.05) is 18.2 Å². The average molecular weight is 286 g/mol. The number of nitrogens with zero attached hydrogens (tertiary/aromatic N) is 3. The van der Waals surface area contributed by atoms with E-state index in [1.54, 1.807) is 11.9 Å². The topological polar surface area (TPSA) is 71.1 Å². The number of aryl methyl sites for hydroxylation is 1. The number of fused-ring (bicyclic) bond motifs is 1. The van der Waals surface area contributed by atoms with Crippen LogP contribution in [0.4, 0.5) is 0 Å². The maximum absolute atomic E-state index is 12.5. The van der Waals surface area contributed by atoms with E-state index >= 15 is 0 Å². The Morgan fingerprint density at radius 2 is 2.29 bits per heavy atom. The van der Waals surface area contributed by atoms with Gasteiger partial charge in [0.1, 0.15) is 18.2 Å². The highest BCUT2D eigenvalue weighted by Gasteiger charge is 2.28. The number of hydrogen-bond acceptors (Lipinski definition) is 4. The smallest absolute Gasteiger partial charge is 0.229 e. The van der Waals surface area contributed by atoms with Gasteiger partial charge in [-0.05, 0) is 25.0 Å². The lowest BCUT2D eigenvalue weighted by Gasteiger charge is -2.27. The molecule has 6 nitrogen and oxygen atoms in total. The van der Waals surface area contributed by atoms with Gasteiger partial charge in [0.15, 0.2) is 5.82 Å². The third-order valence-corrected chi connectivity index (χ3v) is 3.63. The number of H-pyrrole nitrogens is 1. The second-order valence-corrected chi connectivity index (χ2v) is 5.35. The molecule has 1 atom stereocenters. The molecule has 2 heterocycles. The molecule has 1 unspecified atom stereocenters. The number of aromatic nitrogens is 3. The Labute approximate surface area is 123 Å². The molecule has 1 aliphatic rings. The average Bonchev–Trinajstić information content (AvgIpc) is 2.91. The van der Waals surface area contributed by atoms with Crippen molar-refractivity contribution in [3.63, 3.8) is 0 Å². The van der Waals surface area contributed by atoms with Crippen molar-refractivity contribution in [2.45, 2.75) is 19.9 Å². The van der Waals surface area contributed by atoms with Crippen LogP contribution >= 0.6 is 0 Å². The van der Waals surface area contributed by atoms with E-state index in [-0.39, 0.29) is 11.8 Å². The molecule has 2 aromatic rings. The maximum atomic E-state index is 12.5. The summed E-state index contributed by atoms with van der Waals surface area (Å²) in [5, 5.41) is 6.84. The van der Waals surface area contributed by atoms with E-state index in [4.69, 9.17) is 4.74 Å². The largest absolute Gasteiger partial charge is 0.492 e. The van der Waals surface area contributed by atoms with Crippen LogP contribution in [0, 0.1) is 12.8 Å². The first-order valence-electron chi connectivity index (χ1n) is 6.97. The minimum absolute atomic E-state index is 0.0620. The van der Waals surface area contributed by atoms with E-state index in [1.165, 1.54) is 0 Å². The van der Waals surface area contributed by atoms with Crippen LogP contribution in [0.25, 0.3) is 0 Å². The van der Waals surface area contributed by atoms with Gasteiger partial charge < -0.3 is 9.64 Å². The van der Waals surface area contributed by atoms with Crippen molar-refractivity contribution in [1.29, 1.82) is 0 Å². The normalized spacial score (nSPS) is 17.0. The van der Waals surface area contributed by atoms with Gasteiger partial charge in [-0.25, -0.2) is 4.98 Å². The van der Waals surface area contributed by atoms with Gasteiger partial charge in [0, 0.05) is 7.05 Å². The first-order valence-corrected chi connectivity index (χ1v) is 6.97. The van der Waals surface area contributed by atoms with Gasteiger partial charge in [-0.15, -0.1) is 0 Å². The predicted molar refractivity (Wildman–Crippen MR) is 76.7 cm³/mol. The highest BCUT2D eigenvalue weighted by molar-refractivity contribution is 5.79. The molecule has 0 radical (unpaired) electrons. The Kier molecular flexibility index (Phi) is 3.60. The zero-order valence-corrected chi connectivity index (χ0v) is 12.2. The van der Waals surface area contributed by atoms with E-state index in [9.17, 15) is 4.79 Å². The molecule has 1 aliphatic heterocycles. The van der Waals surface area contributed by atoms with Crippen LogP contribution < -0.4 is 4.74 Å². The van der Waals surface area contributed by atoms with Gasteiger partial charge in [0.05, 0.1) is 12.5 Å². The van der Waals surface area contributed by atoms with Gasteiger partial charge in [-0.3, -0.25) is 9.89 Å². The van der Waals surface area contributed by atoms with Crippen molar-refractivity contribution in [2.75, 3.05) is 13.7 Å². The van der Waals surface area contributed by atoms with E-state index in [0.717, 1.165) is 17.1 Å². The number of hydrogen-bond donors (Lipinski definition) is 1. The van der Waals surface area contributed by atoms with Gasteiger partial charge in [0.25, 0.3) is 0 Å². The third-order valence-electron chi connectivity index (χ3n) is 3.63. The van der Waals surface area contributed by atoms with Crippen molar-refractivity contribution >= 4 is 5.91 Å². The fourth-order valence-electron chi connectivity index (χ4n) is 2.55. The summed E-state index contributed by atoms with van der Waals surface area (Å²) in [6, 6.07) is 7.86. The molecular weight excluding hydrogens is 268 g/mol. The van der Waals surface area contributed by atoms with Crippen molar-refractivity contribution in [3.8, 4) is 5.75 Å². The van der Waals surface area contributed by atoms with E-state index < -0.39 is 0 Å². The number of benzene rings is 1. The molecule has 0 fully saturated rings. The number of carbonyl (C=O) groups excluding carboxylic acids is 1. The third kappa shape index (κ3) is 2.89. The van der Waals surface area contributed by atoms with Crippen LogP contribution in [-0.2, 0) is 17.8 Å². The molecule has 0 saturated heterocycles. The van der Waals surface area contributed by atoms with Crippen LogP contribution in [0.5, 0.6) is 5.75 Å². The zero-order chi connectivity index (χ0) is 14.8.